The first kappa shape index (κ1) is 14.3. The van der Waals surface area contributed by atoms with E-state index in [0.29, 0.717) is 5.56 Å². The maximum absolute atomic E-state index is 13.7. The van der Waals surface area contributed by atoms with E-state index in [0.717, 1.165) is 18.2 Å². The lowest BCUT2D eigenvalue weighted by atomic mass is 9.78. The fourth-order valence-corrected chi connectivity index (χ4v) is 2.01. The van der Waals surface area contributed by atoms with Crippen molar-refractivity contribution in [3.8, 4) is 0 Å². The molecular formula is C16H13F3O. The molecule has 0 atom stereocenters. The van der Waals surface area contributed by atoms with Gasteiger partial charge in [0.25, 0.3) is 0 Å². The van der Waals surface area contributed by atoms with Crippen molar-refractivity contribution in [1.82, 2.24) is 0 Å². The van der Waals surface area contributed by atoms with E-state index in [1.807, 2.05) is 0 Å². The fourth-order valence-electron chi connectivity index (χ4n) is 2.01. The van der Waals surface area contributed by atoms with E-state index in [1.165, 1.54) is 24.3 Å². The summed E-state index contributed by atoms with van der Waals surface area (Å²) in [6, 6.07) is 8.14. The zero-order valence-corrected chi connectivity index (χ0v) is 11.1. The Labute approximate surface area is 115 Å². The Morgan fingerprint density at radius 2 is 1.45 bits per heavy atom. The molecule has 0 N–H and O–H groups in total. The molecule has 2 aromatic rings. The van der Waals surface area contributed by atoms with Crippen LogP contribution in [0, 0.1) is 17.5 Å². The highest BCUT2D eigenvalue weighted by atomic mass is 19.1. The molecule has 0 fully saturated rings. The molecule has 0 spiro atoms. The van der Waals surface area contributed by atoms with Gasteiger partial charge in [0.2, 0.25) is 0 Å². The van der Waals surface area contributed by atoms with Gasteiger partial charge in [-0.1, -0.05) is 12.1 Å². The molecule has 0 aliphatic carbocycles. The molecule has 1 nitrogen and oxygen atoms in total. The highest BCUT2D eigenvalue weighted by Gasteiger charge is 2.32. The van der Waals surface area contributed by atoms with Gasteiger partial charge in [-0.3, -0.25) is 4.79 Å². The molecular weight excluding hydrogens is 265 g/mol. The number of carbonyl (C=O) groups excluding carboxylic acids is 1. The van der Waals surface area contributed by atoms with Crippen LogP contribution in [0.5, 0.6) is 0 Å². The number of rotatable bonds is 3. The van der Waals surface area contributed by atoms with Crippen LogP contribution in [0.1, 0.15) is 29.8 Å². The van der Waals surface area contributed by atoms with Gasteiger partial charge < -0.3 is 0 Å². The lowest BCUT2D eigenvalue weighted by Gasteiger charge is -2.24. The molecule has 0 bridgehead atoms. The first-order valence-corrected chi connectivity index (χ1v) is 6.08. The number of hydrogen-bond acceptors (Lipinski definition) is 1. The van der Waals surface area contributed by atoms with Gasteiger partial charge in [-0.2, -0.15) is 0 Å². The van der Waals surface area contributed by atoms with Crippen LogP contribution >= 0.6 is 0 Å². The predicted molar refractivity (Wildman–Crippen MR) is 70.1 cm³/mol. The average Bonchev–Trinajstić information content (AvgIpc) is 2.41. The normalized spacial score (nSPS) is 11.4. The lowest BCUT2D eigenvalue weighted by Crippen LogP contribution is -2.30. The van der Waals surface area contributed by atoms with Crippen LogP contribution < -0.4 is 0 Å². The summed E-state index contributed by atoms with van der Waals surface area (Å²) in [6.07, 6.45) is 0. The standard InChI is InChI=1S/C16H13F3O/c1-16(2,10-3-5-11(17)6-4-10)15(20)13-9-12(18)7-8-14(13)19/h3-9H,1-2H3. The molecule has 0 aliphatic heterocycles. The molecule has 2 rings (SSSR count). The minimum absolute atomic E-state index is 0.306. The summed E-state index contributed by atoms with van der Waals surface area (Å²) < 4.78 is 39.8. The van der Waals surface area contributed by atoms with Crippen LogP contribution in [0.2, 0.25) is 0 Å². The maximum atomic E-state index is 13.7. The second-order valence-electron chi connectivity index (χ2n) is 5.09. The summed E-state index contributed by atoms with van der Waals surface area (Å²) in [7, 11) is 0. The second-order valence-corrected chi connectivity index (χ2v) is 5.09. The van der Waals surface area contributed by atoms with Gasteiger partial charge in [-0.25, -0.2) is 13.2 Å². The van der Waals surface area contributed by atoms with Crippen LogP contribution in [-0.2, 0) is 5.41 Å². The molecule has 0 aliphatic rings. The van der Waals surface area contributed by atoms with Crippen LogP contribution in [0.25, 0.3) is 0 Å². The lowest BCUT2D eigenvalue weighted by molar-refractivity contribution is 0.0904. The Morgan fingerprint density at radius 3 is 2.05 bits per heavy atom. The Bertz CT molecular complexity index is 645. The smallest absolute Gasteiger partial charge is 0.175 e. The third-order valence-corrected chi connectivity index (χ3v) is 3.31. The van der Waals surface area contributed by atoms with E-state index in [9.17, 15) is 18.0 Å². The fraction of sp³-hybridized carbons (Fsp3) is 0.188. The molecule has 0 radical (unpaired) electrons. The Kier molecular flexibility index (Phi) is 3.66. The third-order valence-electron chi connectivity index (χ3n) is 3.31. The summed E-state index contributed by atoms with van der Waals surface area (Å²) in [5.74, 6) is -2.42. The van der Waals surface area contributed by atoms with Crippen molar-refractivity contribution in [3.63, 3.8) is 0 Å². The number of benzene rings is 2. The summed E-state index contributed by atoms with van der Waals surface area (Å²) >= 11 is 0. The summed E-state index contributed by atoms with van der Waals surface area (Å²) in [5.41, 5.74) is -0.852. The van der Waals surface area contributed by atoms with E-state index in [4.69, 9.17) is 0 Å². The van der Waals surface area contributed by atoms with E-state index < -0.39 is 28.6 Å². The van der Waals surface area contributed by atoms with Crippen LogP contribution in [0.4, 0.5) is 13.2 Å². The van der Waals surface area contributed by atoms with E-state index >= 15 is 0 Å². The monoisotopic (exact) mass is 278 g/mol. The topological polar surface area (TPSA) is 17.1 Å². The molecule has 0 heterocycles. The second kappa shape index (κ2) is 5.12. The van der Waals surface area contributed by atoms with E-state index in [-0.39, 0.29) is 5.56 Å². The largest absolute Gasteiger partial charge is 0.293 e. The zero-order chi connectivity index (χ0) is 14.9. The first-order chi connectivity index (χ1) is 9.32. The van der Waals surface area contributed by atoms with Gasteiger partial charge in [-0.15, -0.1) is 0 Å². The van der Waals surface area contributed by atoms with Gasteiger partial charge >= 0.3 is 0 Å². The molecule has 2 aromatic carbocycles. The van der Waals surface area contributed by atoms with Gasteiger partial charge in [0, 0.05) is 0 Å². The number of halogens is 3. The summed E-state index contributed by atoms with van der Waals surface area (Å²) in [4.78, 5) is 12.4. The van der Waals surface area contributed by atoms with Crippen molar-refractivity contribution in [2.75, 3.05) is 0 Å². The predicted octanol–water partition coefficient (Wildman–Crippen LogP) is 4.26. The van der Waals surface area contributed by atoms with Gasteiger partial charge in [0.1, 0.15) is 17.5 Å². The molecule has 0 saturated heterocycles. The molecule has 20 heavy (non-hydrogen) atoms. The molecule has 0 saturated carbocycles. The number of carbonyl (C=O) groups is 1. The van der Waals surface area contributed by atoms with Crippen molar-refractivity contribution in [2.45, 2.75) is 19.3 Å². The van der Waals surface area contributed by atoms with Gasteiger partial charge in [-0.05, 0) is 49.7 Å². The average molecular weight is 278 g/mol. The third kappa shape index (κ3) is 2.59. The maximum Gasteiger partial charge on any atom is 0.175 e. The Balaban J connectivity index is 2.45. The van der Waals surface area contributed by atoms with Crippen molar-refractivity contribution >= 4 is 5.78 Å². The quantitative estimate of drug-likeness (QED) is 0.766. The number of Topliss-reactive ketones (excluding diaryl/α,β-unsaturated/α-hetero) is 1. The molecule has 4 heteroatoms. The zero-order valence-electron chi connectivity index (χ0n) is 11.1. The number of hydrogen-bond donors (Lipinski definition) is 0. The minimum Gasteiger partial charge on any atom is -0.293 e. The van der Waals surface area contributed by atoms with E-state index in [2.05, 4.69) is 0 Å². The highest BCUT2D eigenvalue weighted by molar-refractivity contribution is 6.03. The molecule has 0 amide bonds. The Hall–Kier alpha value is -2.10. The molecule has 0 aromatic heterocycles. The van der Waals surface area contributed by atoms with Crippen molar-refractivity contribution in [2.24, 2.45) is 0 Å². The van der Waals surface area contributed by atoms with Crippen LogP contribution in [-0.4, -0.2) is 5.78 Å². The van der Waals surface area contributed by atoms with Crippen LogP contribution in [0.3, 0.4) is 0 Å². The van der Waals surface area contributed by atoms with Gasteiger partial charge in [0.15, 0.2) is 5.78 Å². The van der Waals surface area contributed by atoms with Gasteiger partial charge in [0.05, 0.1) is 11.0 Å². The number of ketones is 1. The summed E-state index contributed by atoms with van der Waals surface area (Å²) in [5, 5.41) is 0. The SMILES string of the molecule is CC(C)(C(=O)c1cc(F)ccc1F)c1ccc(F)cc1. The highest BCUT2D eigenvalue weighted by Crippen LogP contribution is 2.29. The van der Waals surface area contributed by atoms with Crippen molar-refractivity contribution < 1.29 is 18.0 Å². The van der Waals surface area contributed by atoms with Crippen LogP contribution in [0.15, 0.2) is 42.5 Å². The van der Waals surface area contributed by atoms with E-state index in [1.54, 1.807) is 13.8 Å². The summed E-state index contributed by atoms with van der Waals surface area (Å²) in [6.45, 7) is 3.18. The van der Waals surface area contributed by atoms with Crippen molar-refractivity contribution in [1.29, 1.82) is 0 Å². The Morgan fingerprint density at radius 1 is 0.900 bits per heavy atom. The minimum atomic E-state index is -1.08. The molecule has 104 valence electrons. The van der Waals surface area contributed by atoms with Crippen molar-refractivity contribution in [3.05, 3.63) is 71.0 Å². The first-order valence-electron chi connectivity index (χ1n) is 6.08. The molecule has 0 unspecified atom stereocenters.